The van der Waals surface area contributed by atoms with Crippen LogP contribution in [0.15, 0.2) is 42.6 Å². The van der Waals surface area contributed by atoms with Crippen LogP contribution in [-0.2, 0) is 5.41 Å². The van der Waals surface area contributed by atoms with Gasteiger partial charge < -0.3 is 10.1 Å². The van der Waals surface area contributed by atoms with Crippen molar-refractivity contribution in [2.45, 2.75) is 25.7 Å². The van der Waals surface area contributed by atoms with E-state index in [4.69, 9.17) is 0 Å². The van der Waals surface area contributed by atoms with Gasteiger partial charge in [-0.1, -0.05) is 36.8 Å². The zero-order valence-electron chi connectivity index (χ0n) is 10.4. The average molecular weight is 229 g/mol. The molecule has 0 radical (unpaired) electrons. The number of rotatable bonds is 4. The maximum absolute atomic E-state index is 9.87. The fourth-order valence-electron chi connectivity index (χ4n) is 2.41. The van der Waals surface area contributed by atoms with Crippen LogP contribution in [0.4, 0.5) is 0 Å². The smallest absolute Gasteiger partial charge is 0.0583 e. The second-order valence-corrected chi connectivity index (χ2v) is 4.55. The summed E-state index contributed by atoms with van der Waals surface area (Å²) in [5.74, 6) is 0. The third kappa shape index (κ3) is 2.01. The Morgan fingerprint density at radius 1 is 1.24 bits per heavy atom. The lowest BCUT2D eigenvalue weighted by Crippen LogP contribution is -2.31. The van der Waals surface area contributed by atoms with Gasteiger partial charge in [0.25, 0.3) is 0 Å². The molecule has 1 aromatic heterocycles. The molecule has 0 aliphatic rings. The normalized spacial score (nSPS) is 14.5. The highest BCUT2D eigenvalue weighted by molar-refractivity contribution is 5.38. The van der Waals surface area contributed by atoms with Gasteiger partial charge in [-0.2, -0.15) is 0 Å². The third-order valence-electron chi connectivity index (χ3n) is 3.56. The predicted octanol–water partition coefficient (Wildman–Crippen LogP) is 3.01. The van der Waals surface area contributed by atoms with Gasteiger partial charge >= 0.3 is 0 Å². The van der Waals surface area contributed by atoms with Crippen LogP contribution in [0, 0.1) is 6.92 Å². The molecule has 0 amide bonds. The number of H-pyrrole nitrogens is 1. The summed E-state index contributed by atoms with van der Waals surface area (Å²) in [5, 5.41) is 9.87. The lowest BCUT2D eigenvalue weighted by atomic mass is 9.75. The van der Waals surface area contributed by atoms with Crippen LogP contribution in [-0.4, -0.2) is 16.7 Å². The molecule has 2 N–H and O–H groups in total. The molecular weight excluding hydrogens is 210 g/mol. The summed E-state index contributed by atoms with van der Waals surface area (Å²) in [5.41, 5.74) is 3.16. The zero-order chi connectivity index (χ0) is 12.3. The summed E-state index contributed by atoms with van der Waals surface area (Å²) in [6.45, 7) is 4.31. The highest BCUT2D eigenvalue weighted by Gasteiger charge is 2.32. The van der Waals surface area contributed by atoms with Crippen molar-refractivity contribution in [1.29, 1.82) is 0 Å². The van der Waals surface area contributed by atoms with Gasteiger partial charge in [-0.05, 0) is 31.0 Å². The van der Waals surface area contributed by atoms with E-state index in [0.717, 1.165) is 12.1 Å². The van der Waals surface area contributed by atoms with Crippen molar-refractivity contribution >= 4 is 0 Å². The number of aromatic nitrogens is 1. The molecule has 1 unspecified atom stereocenters. The molecule has 0 saturated heterocycles. The van der Waals surface area contributed by atoms with Crippen molar-refractivity contribution in [2.75, 3.05) is 6.61 Å². The number of hydrogen-bond acceptors (Lipinski definition) is 1. The molecule has 1 heterocycles. The number of aryl methyl sites for hydroxylation is 1. The van der Waals surface area contributed by atoms with Crippen LogP contribution in [0.5, 0.6) is 0 Å². The van der Waals surface area contributed by atoms with Gasteiger partial charge in [0.1, 0.15) is 0 Å². The maximum atomic E-state index is 9.87. The quantitative estimate of drug-likeness (QED) is 0.830. The minimum Gasteiger partial charge on any atom is -0.395 e. The van der Waals surface area contributed by atoms with E-state index in [2.05, 4.69) is 37.0 Å². The van der Waals surface area contributed by atoms with E-state index < -0.39 is 0 Å². The largest absolute Gasteiger partial charge is 0.395 e. The second kappa shape index (κ2) is 4.76. The molecule has 0 saturated carbocycles. The highest BCUT2D eigenvalue weighted by atomic mass is 16.3. The first-order valence-electron chi connectivity index (χ1n) is 6.05. The zero-order valence-corrected chi connectivity index (χ0v) is 10.4. The maximum Gasteiger partial charge on any atom is 0.0583 e. The van der Waals surface area contributed by atoms with Gasteiger partial charge in [-0.15, -0.1) is 0 Å². The monoisotopic (exact) mass is 229 g/mol. The molecule has 17 heavy (non-hydrogen) atoms. The van der Waals surface area contributed by atoms with E-state index in [1.54, 1.807) is 0 Å². The molecule has 0 aliphatic heterocycles. The van der Waals surface area contributed by atoms with Crippen LogP contribution in [0.1, 0.15) is 30.2 Å². The summed E-state index contributed by atoms with van der Waals surface area (Å²) in [7, 11) is 0. The fourth-order valence-corrected chi connectivity index (χ4v) is 2.41. The molecule has 2 heteroatoms. The van der Waals surface area contributed by atoms with Gasteiger partial charge in [-0.25, -0.2) is 0 Å². The standard InChI is InChI=1S/C15H19NO/c1-3-15(11-17,14-8-5-9-16-14)13-7-4-6-12(2)10-13/h4-10,16-17H,3,11H2,1-2H3. The molecule has 2 rings (SSSR count). The van der Waals surface area contributed by atoms with Crippen LogP contribution in [0.25, 0.3) is 0 Å². The lowest BCUT2D eigenvalue weighted by molar-refractivity contribution is 0.213. The molecule has 1 aromatic carbocycles. The van der Waals surface area contributed by atoms with Crippen LogP contribution in [0.3, 0.4) is 0 Å². The highest BCUT2D eigenvalue weighted by Crippen LogP contribution is 2.34. The number of aromatic amines is 1. The molecule has 0 aliphatic carbocycles. The van der Waals surface area contributed by atoms with E-state index >= 15 is 0 Å². The van der Waals surface area contributed by atoms with Crippen LogP contribution in [0.2, 0.25) is 0 Å². The van der Waals surface area contributed by atoms with Gasteiger partial charge in [0.15, 0.2) is 0 Å². The van der Waals surface area contributed by atoms with Crippen molar-refractivity contribution in [2.24, 2.45) is 0 Å². The van der Waals surface area contributed by atoms with E-state index in [1.807, 2.05) is 24.4 Å². The number of hydrogen-bond donors (Lipinski definition) is 2. The Kier molecular flexibility index (Phi) is 3.34. The van der Waals surface area contributed by atoms with E-state index in [0.29, 0.717) is 0 Å². The van der Waals surface area contributed by atoms with Crippen LogP contribution < -0.4 is 0 Å². The fraction of sp³-hybridized carbons (Fsp3) is 0.333. The Hall–Kier alpha value is -1.54. The van der Waals surface area contributed by atoms with Gasteiger partial charge in [0, 0.05) is 11.9 Å². The summed E-state index contributed by atoms with van der Waals surface area (Å²) < 4.78 is 0. The molecule has 0 fully saturated rings. The minimum absolute atomic E-state index is 0.119. The SMILES string of the molecule is CCC(CO)(c1cccc(C)c1)c1ccc[nH]1. The topological polar surface area (TPSA) is 36.0 Å². The Balaban J connectivity index is 2.55. The second-order valence-electron chi connectivity index (χ2n) is 4.55. The van der Waals surface area contributed by atoms with Crippen molar-refractivity contribution < 1.29 is 5.11 Å². The Labute approximate surface area is 102 Å². The summed E-state index contributed by atoms with van der Waals surface area (Å²) in [4.78, 5) is 3.24. The number of nitrogens with one attached hydrogen (secondary N) is 1. The van der Waals surface area contributed by atoms with Crippen LogP contribution >= 0.6 is 0 Å². The van der Waals surface area contributed by atoms with Crippen molar-refractivity contribution in [3.8, 4) is 0 Å². The first-order chi connectivity index (χ1) is 8.23. The Bertz CT molecular complexity index is 469. The molecular formula is C15H19NO. The first-order valence-corrected chi connectivity index (χ1v) is 6.05. The van der Waals surface area contributed by atoms with Crippen molar-refractivity contribution in [3.05, 3.63) is 59.4 Å². The molecule has 1 atom stereocenters. The molecule has 0 spiro atoms. The van der Waals surface area contributed by atoms with Crippen molar-refractivity contribution in [1.82, 2.24) is 4.98 Å². The predicted molar refractivity (Wildman–Crippen MR) is 70.1 cm³/mol. The minimum atomic E-state index is -0.310. The lowest BCUT2D eigenvalue weighted by Gasteiger charge is -2.31. The summed E-state index contributed by atoms with van der Waals surface area (Å²) >= 11 is 0. The molecule has 2 nitrogen and oxygen atoms in total. The van der Waals surface area contributed by atoms with Gasteiger partial charge in [-0.3, -0.25) is 0 Å². The van der Waals surface area contributed by atoms with Gasteiger partial charge in [0.05, 0.1) is 12.0 Å². The van der Waals surface area contributed by atoms with E-state index in [1.165, 1.54) is 11.1 Å². The number of aliphatic hydroxyl groups is 1. The average Bonchev–Trinajstić information content (AvgIpc) is 2.86. The molecule has 0 bridgehead atoms. The van der Waals surface area contributed by atoms with Gasteiger partial charge in [0.2, 0.25) is 0 Å². The third-order valence-corrected chi connectivity index (χ3v) is 3.56. The Morgan fingerprint density at radius 2 is 2.06 bits per heavy atom. The Morgan fingerprint density at radius 3 is 2.59 bits per heavy atom. The number of benzene rings is 1. The first kappa shape index (κ1) is 11.9. The molecule has 90 valence electrons. The van der Waals surface area contributed by atoms with E-state index in [9.17, 15) is 5.11 Å². The van der Waals surface area contributed by atoms with E-state index in [-0.39, 0.29) is 12.0 Å². The number of aliphatic hydroxyl groups excluding tert-OH is 1. The summed E-state index contributed by atoms with van der Waals surface area (Å²) in [6, 6.07) is 12.4. The summed E-state index contributed by atoms with van der Waals surface area (Å²) in [6.07, 6.45) is 2.78. The molecule has 2 aromatic rings. The van der Waals surface area contributed by atoms with Crippen molar-refractivity contribution in [3.63, 3.8) is 0 Å².